The summed E-state index contributed by atoms with van der Waals surface area (Å²) in [5.41, 5.74) is 2.77. The monoisotopic (exact) mass is 323 g/mol. The lowest BCUT2D eigenvalue weighted by Gasteiger charge is -2.19. The Morgan fingerprint density at radius 3 is 2.72 bits per heavy atom. The molecule has 0 aliphatic heterocycles. The highest BCUT2D eigenvalue weighted by Gasteiger charge is 2.14. The normalized spacial score (nSPS) is 12.6. The summed E-state index contributed by atoms with van der Waals surface area (Å²) < 4.78 is 1.18. The van der Waals surface area contributed by atoms with Crippen LogP contribution in [-0.4, -0.2) is 6.54 Å². The van der Waals surface area contributed by atoms with Crippen molar-refractivity contribution in [3.8, 4) is 0 Å². The fourth-order valence-corrected chi connectivity index (χ4v) is 3.68. The van der Waals surface area contributed by atoms with Crippen LogP contribution in [0, 0.1) is 6.92 Å². The maximum absolute atomic E-state index is 3.59. The number of nitrogens with one attached hydrogen (secondary N) is 1. The molecule has 0 saturated heterocycles. The zero-order valence-electron chi connectivity index (χ0n) is 10.7. The van der Waals surface area contributed by atoms with E-state index in [0.717, 1.165) is 13.0 Å². The maximum Gasteiger partial charge on any atom is 0.0371 e. The van der Waals surface area contributed by atoms with Gasteiger partial charge in [0.1, 0.15) is 0 Å². The average molecular weight is 324 g/mol. The number of aryl methyl sites for hydroxylation is 1. The molecule has 0 radical (unpaired) electrons. The Morgan fingerprint density at radius 2 is 2.11 bits per heavy atom. The van der Waals surface area contributed by atoms with Crippen LogP contribution in [0.4, 0.5) is 0 Å². The van der Waals surface area contributed by atoms with Crippen molar-refractivity contribution in [2.45, 2.75) is 26.3 Å². The standard InChI is InChI=1S/C15H18BrNS/c1-3-17-15(9-13-8-12(16)10-18-13)14-7-5-4-6-11(14)2/h4-8,10,15,17H,3,9H2,1-2H3. The molecule has 1 aromatic heterocycles. The number of hydrogen-bond acceptors (Lipinski definition) is 2. The summed E-state index contributed by atoms with van der Waals surface area (Å²) in [6.07, 6.45) is 1.05. The zero-order valence-corrected chi connectivity index (χ0v) is 13.1. The second-order valence-corrected chi connectivity index (χ2v) is 6.31. The van der Waals surface area contributed by atoms with Gasteiger partial charge in [0.05, 0.1) is 0 Å². The summed E-state index contributed by atoms with van der Waals surface area (Å²) in [5.74, 6) is 0. The first-order chi connectivity index (χ1) is 8.70. The molecular formula is C15H18BrNS. The third-order valence-corrected chi connectivity index (χ3v) is 4.76. The minimum atomic E-state index is 0.404. The van der Waals surface area contributed by atoms with Crippen molar-refractivity contribution in [1.29, 1.82) is 0 Å². The van der Waals surface area contributed by atoms with Crippen molar-refractivity contribution in [2.75, 3.05) is 6.54 Å². The Labute approximate surface area is 121 Å². The molecule has 1 aromatic carbocycles. The molecule has 0 bridgehead atoms. The molecule has 0 spiro atoms. The van der Waals surface area contributed by atoms with E-state index in [1.807, 2.05) is 11.3 Å². The molecule has 1 N–H and O–H groups in total. The number of rotatable bonds is 5. The molecular weight excluding hydrogens is 306 g/mol. The Morgan fingerprint density at radius 1 is 1.33 bits per heavy atom. The first kappa shape index (κ1) is 13.8. The summed E-state index contributed by atoms with van der Waals surface area (Å²) >= 11 is 5.34. The van der Waals surface area contributed by atoms with Gasteiger partial charge < -0.3 is 5.32 Å². The van der Waals surface area contributed by atoms with E-state index in [1.165, 1.54) is 20.5 Å². The lowest BCUT2D eigenvalue weighted by molar-refractivity contribution is 0.551. The van der Waals surface area contributed by atoms with E-state index in [-0.39, 0.29) is 0 Å². The van der Waals surface area contributed by atoms with E-state index < -0.39 is 0 Å². The SMILES string of the molecule is CCNC(Cc1cc(Br)cs1)c1ccccc1C. The first-order valence-corrected chi connectivity index (χ1v) is 7.89. The quantitative estimate of drug-likeness (QED) is 0.840. The van der Waals surface area contributed by atoms with Crippen LogP contribution in [0.15, 0.2) is 40.2 Å². The van der Waals surface area contributed by atoms with E-state index in [1.54, 1.807) is 0 Å². The van der Waals surface area contributed by atoms with E-state index in [0.29, 0.717) is 6.04 Å². The fraction of sp³-hybridized carbons (Fsp3) is 0.333. The molecule has 96 valence electrons. The molecule has 1 heterocycles. The van der Waals surface area contributed by atoms with Crippen molar-refractivity contribution >= 4 is 27.3 Å². The largest absolute Gasteiger partial charge is 0.310 e. The highest BCUT2D eigenvalue weighted by atomic mass is 79.9. The van der Waals surface area contributed by atoms with Crippen LogP contribution in [0.3, 0.4) is 0 Å². The van der Waals surface area contributed by atoms with Crippen molar-refractivity contribution in [2.24, 2.45) is 0 Å². The van der Waals surface area contributed by atoms with Gasteiger partial charge in [0.2, 0.25) is 0 Å². The zero-order chi connectivity index (χ0) is 13.0. The number of halogens is 1. The van der Waals surface area contributed by atoms with Gasteiger partial charge in [0, 0.05) is 27.2 Å². The molecule has 0 aliphatic carbocycles. The molecule has 2 aromatic rings. The van der Waals surface area contributed by atoms with Crippen LogP contribution in [-0.2, 0) is 6.42 Å². The topological polar surface area (TPSA) is 12.0 Å². The maximum atomic E-state index is 3.59. The van der Waals surface area contributed by atoms with Gasteiger partial charge in [-0.2, -0.15) is 0 Å². The molecule has 1 atom stereocenters. The Balaban J connectivity index is 2.20. The van der Waals surface area contributed by atoms with E-state index >= 15 is 0 Å². The molecule has 3 heteroatoms. The average Bonchev–Trinajstić information content (AvgIpc) is 2.75. The van der Waals surface area contributed by atoms with Gasteiger partial charge in [0.15, 0.2) is 0 Å². The summed E-state index contributed by atoms with van der Waals surface area (Å²) in [6, 6.07) is 11.3. The fourth-order valence-electron chi connectivity index (χ4n) is 2.18. The molecule has 0 aliphatic rings. The molecule has 2 rings (SSSR count). The second-order valence-electron chi connectivity index (χ2n) is 4.40. The predicted octanol–water partition coefficient (Wildman–Crippen LogP) is 4.71. The Kier molecular flexibility index (Phi) is 4.98. The van der Waals surface area contributed by atoms with Crippen molar-refractivity contribution in [1.82, 2.24) is 5.32 Å². The molecule has 0 amide bonds. The predicted molar refractivity (Wildman–Crippen MR) is 83.3 cm³/mol. The summed E-state index contributed by atoms with van der Waals surface area (Å²) in [4.78, 5) is 1.41. The summed E-state index contributed by atoms with van der Waals surface area (Å²) in [5, 5.41) is 5.74. The lowest BCUT2D eigenvalue weighted by atomic mass is 9.98. The number of hydrogen-bond donors (Lipinski definition) is 1. The molecule has 18 heavy (non-hydrogen) atoms. The van der Waals surface area contributed by atoms with E-state index in [4.69, 9.17) is 0 Å². The number of likely N-dealkylation sites (N-methyl/N-ethyl adjacent to an activating group) is 1. The third-order valence-electron chi connectivity index (χ3n) is 3.04. The van der Waals surface area contributed by atoms with Crippen molar-refractivity contribution in [3.05, 3.63) is 56.2 Å². The van der Waals surface area contributed by atoms with E-state index in [2.05, 4.69) is 70.8 Å². The highest BCUT2D eigenvalue weighted by Crippen LogP contribution is 2.26. The van der Waals surface area contributed by atoms with E-state index in [9.17, 15) is 0 Å². The molecule has 0 saturated carbocycles. The minimum Gasteiger partial charge on any atom is -0.310 e. The Hall–Kier alpha value is -0.640. The second kappa shape index (κ2) is 6.50. The highest BCUT2D eigenvalue weighted by molar-refractivity contribution is 9.10. The molecule has 0 fully saturated rings. The minimum absolute atomic E-state index is 0.404. The van der Waals surface area contributed by atoms with Crippen LogP contribution < -0.4 is 5.32 Å². The lowest BCUT2D eigenvalue weighted by Crippen LogP contribution is -2.23. The third kappa shape index (κ3) is 3.44. The van der Waals surface area contributed by atoms with Gasteiger partial charge in [-0.25, -0.2) is 0 Å². The smallest absolute Gasteiger partial charge is 0.0371 e. The van der Waals surface area contributed by atoms with Gasteiger partial charge in [-0.05, 0) is 46.6 Å². The molecule has 1 unspecified atom stereocenters. The van der Waals surface area contributed by atoms with Crippen molar-refractivity contribution in [3.63, 3.8) is 0 Å². The van der Waals surface area contributed by atoms with Gasteiger partial charge in [-0.15, -0.1) is 11.3 Å². The van der Waals surface area contributed by atoms with Crippen LogP contribution in [0.5, 0.6) is 0 Å². The van der Waals surface area contributed by atoms with Crippen LogP contribution in [0.25, 0.3) is 0 Å². The van der Waals surface area contributed by atoms with Gasteiger partial charge in [-0.3, -0.25) is 0 Å². The van der Waals surface area contributed by atoms with Gasteiger partial charge >= 0.3 is 0 Å². The van der Waals surface area contributed by atoms with Gasteiger partial charge in [0.25, 0.3) is 0 Å². The van der Waals surface area contributed by atoms with Crippen LogP contribution in [0.2, 0.25) is 0 Å². The van der Waals surface area contributed by atoms with Crippen molar-refractivity contribution < 1.29 is 0 Å². The number of benzene rings is 1. The Bertz CT molecular complexity index is 507. The first-order valence-electron chi connectivity index (χ1n) is 6.22. The van der Waals surface area contributed by atoms with Crippen LogP contribution in [0.1, 0.15) is 29.0 Å². The van der Waals surface area contributed by atoms with Gasteiger partial charge in [-0.1, -0.05) is 31.2 Å². The summed E-state index contributed by atoms with van der Waals surface area (Å²) in [7, 11) is 0. The van der Waals surface area contributed by atoms with Crippen LogP contribution >= 0.6 is 27.3 Å². The number of thiophene rings is 1. The summed E-state index contributed by atoms with van der Waals surface area (Å²) in [6.45, 7) is 5.34. The molecule has 1 nitrogen and oxygen atoms in total.